The Labute approximate surface area is 113 Å². The van der Waals surface area contributed by atoms with Crippen LogP contribution in [0, 0.1) is 10.1 Å². The van der Waals surface area contributed by atoms with Gasteiger partial charge in [0.15, 0.2) is 11.5 Å². The highest BCUT2D eigenvalue weighted by Crippen LogP contribution is 2.33. The first-order valence-electron chi connectivity index (χ1n) is 6.18. The Hall–Kier alpha value is -2.04. The Kier molecular flexibility index (Phi) is 5.36. The van der Waals surface area contributed by atoms with Crippen LogP contribution < -0.4 is 9.47 Å². The summed E-state index contributed by atoms with van der Waals surface area (Å²) < 4.78 is 10.9. The lowest BCUT2D eigenvalue weighted by molar-refractivity contribution is -0.425. The summed E-state index contributed by atoms with van der Waals surface area (Å²) in [6, 6.07) is 5.33. The van der Waals surface area contributed by atoms with Crippen molar-refractivity contribution < 1.29 is 14.4 Å². The average molecular weight is 265 g/mol. The topological polar surface area (TPSA) is 61.6 Å². The molecule has 0 saturated heterocycles. The first-order valence-corrected chi connectivity index (χ1v) is 6.18. The largest absolute Gasteiger partial charge is 0.493 e. The average Bonchev–Trinajstić information content (AvgIpc) is 2.36. The second-order valence-electron chi connectivity index (χ2n) is 4.29. The highest BCUT2D eigenvalue weighted by atomic mass is 16.6. The van der Waals surface area contributed by atoms with E-state index in [0.717, 1.165) is 0 Å². The van der Waals surface area contributed by atoms with Gasteiger partial charge in [-0.05, 0) is 19.9 Å². The van der Waals surface area contributed by atoms with Crippen molar-refractivity contribution in [2.24, 2.45) is 0 Å². The van der Waals surface area contributed by atoms with Gasteiger partial charge in [-0.3, -0.25) is 10.1 Å². The van der Waals surface area contributed by atoms with Crippen LogP contribution in [0.4, 0.5) is 0 Å². The molecule has 0 heterocycles. The van der Waals surface area contributed by atoms with Crippen LogP contribution in [0.15, 0.2) is 23.9 Å². The van der Waals surface area contributed by atoms with Crippen molar-refractivity contribution in [3.63, 3.8) is 0 Å². The summed E-state index contributed by atoms with van der Waals surface area (Å²) in [6.45, 7) is 5.54. The van der Waals surface area contributed by atoms with E-state index in [9.17, 15) is 10.1 Å². The van der Waals surface area contributed by atoms with Crippen LogP contribution in [-0.2, 0) is 0 Å². The molecule has 0 atom stereocenters. The summed E-state index contributed by atoms with van der Waals surface area (Å²) in [4.78, 5) is 10.5. The Balaban J connectivity index is 3.29. The number of nitrogens with zero attached hydrogens (tertiary/aromatic N) is 1. The van der Waals surface area contributed by atoms with Gasteiger partial charge in [0, 0.05) is 18.1 Å². The third-order valence-electron chi connectivity index (χ3n) is 2.50. The smallest absolute Gasteiger partial charge is 0.246 e. The number of benzene rings is 1. The fourth-order valence-corrected chi connectivity index (χ4v) is 1.63. The predicted molar refractivity (Wildman–Crippen MR) is 74.0 cm³/mol. The molecule has 0 spiro atoms. The van der Waals surface area contributed by atoms with E-state index in [1.54, 1.807) is 32.2 Å². The minimum absolute atomic E-state index is 0.0378. The standard InChI is InChI=1S/C14H19NO4/c1-5-12(15(16)17)9-11-7-6-8-13(18-4)14(11)19-10(2)3/h6-10H,5H2,1-4H3. The molecule has 0 fully saturated rings. The summed E-state index contributed by atoms with van der Waals surface area (Å²) in [7, 11) is 1.55. The number of nitro groups is 1. The minimum Gasteiger partial charge on any atom is -0.493 e. The fraction of sp³-hybridized carbons (Fsp3) is 0.429. The van der Waals surface area contributed by atoms with E-state index in [2.05, 4.69) is 0 Å². The van der Waals surface area contributed by atoms with Gasteiger partial charge >= 0.3 is 0 Å². The number of hydrogen-bond donors (Lipinski definition) is 0. The van der Waals surface area contributed by atoms with Crippen LogP contribution in [0.2, 0.25) is 0 Å². The predicted octanol–water partition coefficient (Wildman–Crippen LogP) is 3.51. The molecule has 0 N–H and O–H groups in total. The molecular formula is C14H19NO4. The lowest BCUT2D eigenvalue weighted by atomic mass is 10.1. The molecule has 0 aliphatic carbocycles. The van der Waals surface area contributed by atoms with Crippen LogP contribution in [-0.4, -0.2) is 18.1 Å². The third kappa shape index (κ3) is 3.98. The maximum Gasteiger partial charge on any atom is 0.246 e. The molecule has 5 heteroatoms. The van der Waals surface area contributed by atoms with Gasteiger partial charge in [0.1, 0.15) is 0 Å². The number of rotatable bonds is 6. The van der Waals surface area contributed by atoms with Crippen molar-refractivity contribution in [1.82, 2.24) is 0 Å². The molecule has 0 bridgehead atoms. The zero-order valence-corrected chi connectivity index (χ0v) is 11.7. The van der Waals surface area contributed by atoms with Crippen molar-refractivity contribution in [3.05, 3.63) is 39.6 Å². The van der Waals surface area contributed by atoms with Crippen molar-refractivity contribution in [2.45, 2.75) is 33.3 Å². The molecule has 1 aromatic carbocycles. The van der Waals surface area contributed by atoms with Gasteiger partial charge in [0.25, 0.3) is 0 Å². The van der Waals surface area contributed by atoms with Crippen molar-refractivity contribution in [3.8, 4) is 11.5 Å². The van der Waals surface area contributed by atoms with Gasteiger partial charge in [-0.2, -0.15) is 0 Å². The van der Waals surface area contributed by atoms with Crippen LogP contribution in [0.1, 0.15) is 32.8 Å². The zero-order chi connectivity index (χ0) is 14.4. The van der Waals surface area contributed by atoms with E-state index in [4.69, 9.17) is 9.47 Å². The van der Waals surface area contributed by atoms with E-state index in [1.807, 2.05) is 13.8 Å². The van der Waals surface area contributed by atoms with E-state index < -0.39 is 0 Å². The number of allylic oxidation sites excluding steroid dienone is 1. The van der Waals surface area contributed by atoms with Crippen LogP contribution >= 0.6 is 0 Å². The molecule has 19 heavy (non-hydrogen) atoms. The summed E-state index contributed by atoms with van der Waals surface area (Å²) >= 11 is 0. The minimum atomic E-state index is -0.376. The van der Waals surface area contributed by atoms with Crippen molar-refractivity contribution in [1.29, 1.82) is 0 Å². The summed E-state index contributed by atoms with van der Waals surface area (Å²) in [5.41, 5.74) is 0.795. The van der Waals surface area contributed by atoms with Gasteiger partial charge in [-0.1, -0.05) is 19.1 Å². The Bertz CT molecular complexity index is 480. The van der Waals surface area contributed by atoms with Gasteiger partial charge in [-0.25, -0.2) is 0 Å². The van der Waals surface area contributed by atoms with E-state index in [0.29, 0.717) is 23.5 Å². The molecule has 0 amide bonds. The summed E-state index contributed by atoms with van der Waals surface area (Å²) in [5.74, 6) is 1.11. The van der Waals surface area contributed by atoms with Crippen molar-refractivity contribution >= 4 is 6.08 Å². The molecule has 0 aromatic heterocycles. The normalized spacial score (nSPS) is 11.5. The molecule has 0 aliphatic heterocycles. The van der Waals surface area contributed by atoms with Crippen molar-refractivity contribution in [2.75, 3.05) is 7.11 Å². The fourth-order valence-electron chi connectivity index (χ4n) is 1.63. The second-order valence-corrected chi connectivity index (χ2v) is 4.29. The molecule has 1 aromatic rings. The van der Waals surface area contributed by atoms with E-state index >= 15 is 0 Å². The van der Waals surface area contributed by atoms with Gasteiger partial charge in [0.2, 0.25) is 5.70 Å². The molecule has 0 unspecified atom stereocenters. The first kappa shape index (κ1) is 15.0. The van der Waals surface area contributed by atoms with Crippen LogP contribution in [0.5, 0.6) is 11.5 Å². The maximum absolute atomic E-state index is 10.9. The lowest BCUT2D eigenvalue weighted by Crippen LogP contribution is -2.08. The van der Waals surface area contributed by atoms with Crippen LogP contribution in [0.25, 0.3) is 6.08 Å². The molecule has 0 radical (unpaired) electrons. The van der Waals surface area contributed by atoms with E-state index in [1.165, 1.54) is 6.08 Å². The van der Waals surface area contributed by atoms with Gasteiger partial charge in [0.05, 0.1) is 18.1 Å². The summed E-state index contributed by atoms with van der Waals surface area (Å²) in [5, 5.41) is 10.9. The Morgan fingerprint density at radius 1 is 1.47 bits per heavy atom. The van der Waals surface area contributed by atoms with Crippen LogP contribution in [0.3, 0.4) is 0 Å². The monoisotopic (exact) mass is 265 g/mol. The Morgan fingerprint density at radius 3 is 2.63 bits per heavy atom. The third-order valence-corrected chi connectivity index (χ3v) is 2.50. The molecule has 104 valence electrons. The highest BCUT2D eigenvalue weighted by molar-refractivity contribution is 5.63. The number of methoxy groups -OCH3 is 1. The molecule has 5 nitrogen and oxygen atoms in total. The highest BCUT2D eigenvalue weighted by Gasteiger charge is 2.14. The zero-order valence-electron chi connectivity index (χ0n) is 11.7. The molecule has 1 rings (SSSR count). The Morgan fingerprint density at radius 2 is 2.16 bits per heavy atom. The molecule has 0 saturated carbocycles. The van der Waals surface area contributed by atoms with E-state index in [-0.39, 0.29) is 16.7 Å². The second kappa shape index (κ2) is 6.78. The van der Waals surface area contributed by atoms with Gasteiger partial charge < -0.3 is 9.47 Å². The summed E-state index contributed by atoms with van der Waals surface area (Å²) in [6.07, 6.45) is 1.84. The number of hydrogen-bond acceptors (Lipinski definition) is 4. The van der Waals surface area contributed by atoms with Gasteiger partial charge in [-0.15, -0.1) is 0 Å². The lowest BCUT2D eigenvalue weighted by Gasteiger charge is -2.15. The quantitative estimate of drug-likeness (QED) is 0.583. The number of para-hydroxylation sites is 1. The first-order chi connectivity index (χ1) is 8.99. The molecule has 0 aliphatic rings. The SMILES string of the molecule is CCC(=Cc1cccc(OC)c1OC(C)C)[N+](=O)[O-]. The maximum atomic E-state index is 10.9. The number of ether oxygens (including phenoxy) is 2. The molecular weight excluding hydrogens is 246 g/mol.